The smallest absolute Gasteiger partial charge is 0.254 e. The maximum atomic E-state index is 13.2. The third-order valence-electron chi connectivity index (χ3n) is 3.64. The number of amides is 1. The summed E-state index contributed by atoms with van der Waals surface area (Å²) >= 11 is 0. The maximum absolute atomic E-state index is 13.2. The van der Waals surface area contributed by atoms with Crippen LogP contribution in [0.25, 0.3) is 0 Å². The quantitative estimate of drug-likeness (QED) is 0.829. The summed E-state index contributed by atoms with van der Waals surface area (Å²) in [4.78, 5) is 13.9. The van der Waals surface area contributed by atoms with Gasteiger partial charge in [0, 0.05) is 18.7 Å². The lowest BCUT2D eigenvalue weighted by molar-refractivity contribution is 0.0248. The monoisotopic (exact) mass is 251 g/mol. The molecule has 1 aromatic carbocycles. The minimum Gasteiger partial charge on any atom is -0.391 e. The first kappa shape index (κ1) is 13.0. The number of aliphatic hydroxyl groups is 1. The summed E-state index contributed by atoms with van der Waals surface area (Å²) in [7, 11) is 0. The van der Waals surface area contributed by atoms with E-state index in [-0.39, 0.29) is 11.8 Å². The Morgan fingerprint density at radius 2 is 2.22 bits per heavy atom. The number of carbonyl (C=O) groups excluding carboxylic acids is 1. The SMILES string of the molecule is Cc1ccc(F)cc1C(=O)N1CCC(C)C(O)C1. The van der Waals surface area contributed by atoms with E-state index < -0.39 is 11.9 Å². The molecule has 1 aliphatic heterocycles. The van der Waals surface area contributed by atoms with Crippen LogP contribution in [0, 0.1) is 18.7 Å². The van der Waals surface area contributed by atoms with Crippen molar-refractivity contribution in [3.63, 3.8) is 0 Å². The van der Waals surface area contributed by atoms with Gasteiger partial charge in [0.2, 0.25) is 0 Å². The third kappa shape index (κ3) is 2.53. The molecule has 1 saturated heterocycles. The summed E-state index contributed by atoms with van der Waals surface area (Å²) in [5.41, 5.74) is 1.14. The summed E-state index contributed by atoms with van der Waals surface area (Å²) in [6, 6.07) is 4.22. The molecule has 1 N–H and O–H groups in total. The second-order valence-electron chi connectivity index (χ2n) is 5.04. The molecule has 1 amide bonds. The van der Waals surface area contributed by atoms with Gasteiger partial charge >= 0.3 is 0 Å². The predicted octanol–water partition coefficient (Wildman–Crippen LogP) is 1.98. The Kier molecular flexibility index (Phi) is 3.66. The number of aryl methyl sites for hydroxylation is 1. The van der Waals surface area contributed by atoms with Crippen molar-refractivity contribution in [2.75, 3.05) is 13.1 Å². The molecule has 1 heterocycles. The van der Waals surface area contributed by atoms with Crippen molar-refractivity contribution in [3.8, 4) is 0 Å². The Bertz CT molecular complexity index is 461. The molecule has 3 nitrogen and oxygen atoms in total. The van der Waals surface area contributed by atoms with Crippen molar-refractivity contribution < 1.29 is 14.3 Å². The van der Waals surface area contributed by atoms with Crippen molar-refractivity contribution in [1.29, 1.82) is 0 Å². The first-order valence-electron chi connectivity index (χ1n) is 6.22. The fourth-order valence-corrected chi connectivity index (χ4v) is 2.23. The molecule has 0 bridgehead atoms. The summed E-state index contributed by atoms with van der Waals surface area (Å²) in [5.74, 6) is -0.393. The number of nitrogens with zero attached hydrogens (tertiary/aromatic N) is 1. The Morgan fingerprint density at radius 3 is 2.89 bits per heavy atom. The summed E-state index contributed by atoms with van der Waals surface area (Å²) in [5, 5.41) is 9.80. The van der Waals surface area contributed by atoms with Crippen LogP contribution in [0.4, 0.5) is 4.39 Å². The molecule has 1 fully saturated rings. The van der Waals surface area contributed by atoms with Crippen LogP contribution in [0.3, 0.4) is 0 Å². The van der Waals surface area contributed by atoms with Gasteiger partial charge in [-0.05, 0) is 37.0 Å². The standard InChI is InChI=1S/C14H18FNO2/c1-9-3-4-11(15)7-12(9)14(18)16-6-5-10(2)13(17)8-16/h3-4,7,10,13,17H,5-6,8H2,1-2H3. The van der Waals surface area contributed by atoms with E-state index in [4.69, 9.17) is 0 Å². The normalized spacial score (nSPS) is 24.1. The molecule has 0 saturated carbocycles. The number of piperidine rings is 1. The molecule has 2 rings (SSSR count). The molecular weight excluding hydrogens is 233 g/mol. The number of β-amino-alcohol motifs (C(OH)–C–C–N with tert-alkyl or cyclic N) is 1. The number of halogens is 1. The molecule has 0 aliphatic carbocycles. The minimum absolute atomic E-state index is 0.196. The van der Waals surface area contributed by atoms with E-state index in [2.05, 4.69) is 0 Å². The van der Waals surface area contributed by atoms with Crippen LogP contribution in [0.5, 0.6) is 0 Å². The highest BCUT2D eigenvalue weighted by Gasteiger charge is 2.28. The molecule has 4 heteroatoms. The van der Waals surface area contributed by atoms with Gasteiger partial charge < -0.3 is 10.0 Å². The number of hydrogen-bond donors (Lipinski definition) is 1. The van der Waals surface area contributed by atoms with E-state index in [0.29, 0.717) is 18.7 Å². The van der Waals surface area contributed by atoms with Crippen molar-refractivity contribution >= 4 is 5.91 Å². The number of rotatable bonds is 1. The molecule has 2 atom stereocenters. The lowest BCUT2D eigenvalue weighted by Crippen LogP contribution is -2.46. The van der Waals surface area contributed by atoms with E-state index in [0.717, 1.165) is 12.0 Å². The fourth-order valence-electron chi connectivity index (χ4n) is 2.23. The Balaban J connectivity index is 2.19. The average Bonchev–Trinajstić information content (AvgIpc) is 2.35. The van der Waals surface area contributed by atoms with Gasteiger partial charge in [0.05, 0.1) is 6.10 Å². The molecule has 98 valence electrons. The molecule has 18 heavy (non-hydrogen) atoms. The van der Waals surface area contributed by atoms with Crippen molar-refractivity contribution in [2.45, 2.75) is 26.4 Å². The molecule has 0 radical (unpaired) electrons. The molecule has 1 aliphatic rings. The van der Waals surface area contributed by atoms with Gasteiger partial charge in [0.15, 0.2) is 0 Å². The maximum Gasteiger partial charge on any atom is 0.254 e. The van der Waals surface area contributed by atoms with Crippen LogP contribution >= 0.6 is 0 Å². The van der Waals surface area contributed by atoms with Gasteiger partial charge in [-0.2, -0.15) is 0 Å². The molecule has 1 aromatic rings. The van der Waals surface area contributed by atoms with Crippen LogP contribution in [-0.2, 0) is 0 Å². The van der Waals surface area contributed by atoms with Gasteiger partial charge in [-0.25, -0.2) is 4.39 Å². The van der Waals surface area contributed by atoms with E-state index in [1.165, 1.54) is 12.1 Å². The van der Waals surface area contributed by atoms with E-state index in [9.17, 15) is 14.3 Å². The minimum atomic E-state index is -0.489. The largest absolute Gasteiger partial charge is 0.391 e. The zero-order valence-corrected chi connectivity index (χ0v) is 10.7. The number of aliphatic hydroxyl groups excluding tert-OH is 1. The third-order valence-corrected chi connectivity index (χ3v) is 3.64. The summed E-state index contributed by atoms with van der Waals surface area (Å²) in [6.45, 7) is 4.71. The zero-order chi connectivity index (χ0) is 13.3. The first-order valence-corrected chi connectivity index (χ1v) is 6.22. The van der Waals surface area contributed by atoms with Crippen molar-refractivity contribution in [3.05, 3.63) is 35.1 Å². The number of benzene rings is 1. The van der Waals surface area contributed by atoms with Crippen LogP contribution in [0.2, 0.25) is 0 Å². The van der Waals surface area contributed by atoms with Gasteiger partial charge in [-0.15, -0.1) is 0 Å². The van der Waals surface area contributed by atoms with Crippen molar-refractivity contribution in [1.82, 2.24) is 4.90 Å². The van der Waals surface area contributed by atoms with E-state index in [1.54, 1.807) is 17.9 Å². The predicted molar refractivity (Wildman–Crippen MR) is 66.8 cm³/mol. The number of hydrogen-bond acceptors (Lipinski definition) is 2. The van der Waals surface area contributed by atoms with Gasteiger partial charge in [0.25, 0.3) is 5.91 Å². The lowest BCUT2D eigenvalue weighted by Gasteiger charge is -2.34. The van der Waals surface area contributed by atoms with Crippen LogP contribution in [0.15, 0.2) is 18.2 Å². The topological polar surface area (TPSA) is 40.5 Å². The highest BCUT2D eigenvalue weighted by Crippen LogP contribution is 2.20. The van der Waals surface area contributed by atoms with Crippen LogP contribution in [0.1, 0.15) is 29.3 Å². The highest BCUT2D eigenvalue weighted by molar-refractivity contribution is 5.95. The highest BCUT2D eigenvalue weighted by atomic mass is 19.1. The Hall–Kier alpha value is -1.42. The summed E-state index contributed by atoms with van der Waals surface area (Å²) < 4.78 is 13.2. The summed E-state index contributed by atoms with van der Waals surface area (Å²) in [6.07, 6.45) is 0.290. The number of carbonyl (C=O) groups is 1. The molecular formula is C14H18FNO2. The Labute approximate surface area is 106 Å². The number of likely N-dealkylation sites (tertiary alicyclic amines) is 1. The van der Waals surface area contributed by atoms with E-state index >= 15 is 0 Å². The molecule has 0 aromatic heterocycles. The van der Waals surface area contributed by atoms with Gasteiger partial charge in [-0.1, -0.05) is 13.0 Å². The van der Waals surface area contributed by atoms with Gasteiger partial charge in [-0.3, -0.25) is 4.79 Å². The lowest BCUT2D eigenvalue weighted by atomic mass is 9.95. The Morgan fingerprint density at radius 1 is 1.50 bits per heavy atom. The fraction of sp³-hybridized carbons (Fsp3) is 0.500. The average molecular weight is 251 g/mol. The van der Waals surface area contributed by atoms with Gasteiger partial charge in [0.1, 0.15) is 5.82 Å². The molecule has 2 unspecified atom stereocenters. The van der Waals surface area contributed by atoms with E-state index in [1.807, 2.05) is 6.92 Å². The van der Waals surface area contributed by atoms with Crippen LogP contribution in [-0.4, -0.2) is 35.1 Å². The van der Waals surface area contributed by atoms with Crippen molar-refractivity contribution in [2.24, 2.45) is 5.92 Å². The second-order valence-corrected chi connectivity index (χ2v) is 5.04. The van der Waals surface area contributed by atoms with Crippen LogP contribution < -0.4 is 0 Å². The first-order chi connectivity index (χ1) is 8.49. The zero-order valence-electron chi connectivity index (χ0n) is 10.7. The molecule has 0 spiro atoms. The second kappa shape index (κ2) is 5.06.